The molecule has 0 amide bonds. The fraction of sp³-hybridized carbons (Fsp3) is 0.481. The number of rotatable bonds is 11. The fourth-order valence-electron chi connectivity index (χ4n) is 4.98. The van der Waals surface area contributed by atoms with E-state index in [1.54, 1.807) is 13.3 Å². The molecule has 0 radical (unpaired) electrons. The first-order valence-corrected chi connectivity index (χ1v) is 15.1. The van der Waals surface area contributed by atoms with E-state index in [1.165, 1.54) is 16.6 Å². The van der Waals surface area contributed by atoms with Gasteiger partial charge in [-0.1, -0.05) is 19.4 Å². The van der Waals surface area contributed by atoms with Gasteiger partial charge >= 0.3 is 0 Å². The molecule has 14 heteroatoms. The highest BCUT2D eigenvalue weighted by molar-refractivity contribution is 7.89. The molecule has 5 rings (SSSR count). The monoisotopic (exact) mass is 584 g/mol. The number of aromatic nitrogens is 4. The summed E-state index contributed by atoms with van der Waals surface area (Å²) in [6, 6.07) is 7.00. The van der Waals surface area contributed by atoms with Crippen LogP contribution in [0, 0.1) is 0 Å². The molecule has 1 unspecified atom stereocenters. The number of hydrogen-bond acceptors (Lipinski definition) is 11. The van der Waals surface area contributed by atoms with Crippen LogP contribution in [-0.4, -0.2) is 96.1 Å². The number of nitrogens with zero attached hydrogens (tertiary/aromatic N) is 6. The summed E-state index contributed by atoms with van der Waals surface area (Å²) in [4.78, 5) is 31.9. The van der Waals surface area contributed by atoms with Gasteiger partial charge in [-0.05, 0) is 31.7 Å². The van der Waals surface area contributed by atoms with Gasteiger partial charge in [0.05, 0.1) is 42.3 Å². The minimum absolute atomic E-state index is 0.0132. The SMILES string of the molecule is CCCC1c2nc(-c3cc(S(=O)(=O)N4CCN(C)CC4)cnc3OCCOC)[nH]c(=O)c2NN1Cc1ccccn1. The number of ether oxygens (including phenoxy) is 2. The Balaban J connectivity index is 1.54. The molecule has 220 valence electrons. The second-order valence-electron chi connectivity index (χ2n) is 10.1. The van der Waals surface area contributed by atoms with E-state index in [-0.39, 0.29) is 40.4 Å². The Morgan fingerprint density at radius 3 is 2.63 bits per heavy atom. The zero-order chi connectivity index (χ0) is 29.0. The van der Waals surface area contributed by atoms with Crippen LogP contribution >= 0.6 is 0 Å². The number of methoxy groups -OCH3 is 1. The Hall–Kier alpha value is -3.43. The van der Waals surface area contributed by atoms with Crippen LogP contribution in [0.5, 0.6) is 5.88 Å². The van der Waals surface area contributed by atoms with E-state index < -0.39 is 10.0 Å². The molecular weight excluding hydrogens is 548 g/mol. The molecule has 13 nitrogen and oxygen atoms in total. The largest absolute Gasteiger partial charge is 0.475 e. The molecule has 1 atom stereocenters. The molecule has 2 aliphatic heterocycles. The first kappa shape index (κ1) is 29.1. The Morgan fingerprint density at radius 2 is 1.93 bits per heavy atom. The van der Waals surface area contributed by atoms with Crippen LogP contribution < -0.4 is 15.7 Å². The van der Waals surface area contributed by atoms with Gasteiger partial charge in [-0.2, -0.15) is 4.31 Å². The van der Waals surface area contributed by atoms with Gasteiger partial charge in [-0.15, -0.1) is 0 Å². The fourth-order valence-corrected chi connectivity index (χ4v) is 6.37. The highest BCUT2D eigenvalue weighted by Gasteiger charge is 2.35. The summed E-state index contributed by atoms with van der Waals surface area (Å²) in [5.41, 5.74) is 4.93. The lowest BCUT2D eigenvalue weighted by Gasteiger charge is -2.31. The Bertz CT molecular complexity index is 1510. The van der Waals surface area contributed by atoms with Gasteiger partial charge in [0.25, 0.3) is 5.56 Å². The van der Waals surface area contributed by atoms with Crippen LogP contribution in [0.15, 0.2) is 46.3 Å². The zero-order valence-electron chi connectivity index (χ0n) is 23.5. The van der Waals surface area contributed by atoms with Gasteiger partial charge in [-0.3, -0.25) is 9.78 Å². The van der Waals surface area contributed by atoms with Crippen molar-refractivity contribution in [2.75, 3.05) is 59.0 Å². The molecule has 0 aliphatic carbocycles. The van der Waals surface area contributed by atoms with Crippen LogP contribution in [0.25, 0.3) is 11.4 Å². The van der Waals surface area contributed by atoms with Crippen molar-refractivity contribution in [1.82, 2.24) is 34.1 Å². The van der Waals surface area contributed by atoms with E-state index >= 15 is 0 Å². The van der Waals surface area contributed by atoms with Gasteiger partial charge < -0.3 is 24.8 Å². The summed E-state index contributed by atoms with van der Waals surface area (Å²) in [6.45, 7) is 5.08. The highest BCUT2D eigenvalue weighted by atomic mass is 32.2. The molecule has 1 saturated heterocycles. The maximum Gasteiger partial charge on any atom is 0.276 e. The van der Waals surface area contributed by atoms with Gasteiger partial charge in [0, 0.05) is 39.5 Å². The van der Waals surface area contributed by atoms with E-state index in [4.69, 9.17) is 14.5 Å². The van der Waals surface area contributed by atoms with Crippen molar-refractivity contribution in [2.45, 2.75) is 37.2 Å². The van der Waals surface area contributed by atoms with Crippen molar-refractivity contribution in [2.24, 2.45) is 0 Å². The number of H-pyrrole nitrogens is 1. The first-order chi connectivity index (χ1) is 19.8. The maximum absolute atomic E-state index is 13.5. The lowest BCUT2D eigenvalue weighted by molar-refractivity contribution is 0.144. The Labute approximate surface area is 239 Å². The third-order valence-electron chi connectivity index (χ3n) is 7.22. The molecule has 0 aromatic carbocycles. The molecule has 0 bridgehead atoms. The lowest BCUT2D eigenvalue weighted by Crippen LogP contribution is -2.47. The zero-order valence-corrected chi connectivity index (χ0v) is 24.4. The number of aromatic amines is 1. The highest BCUT2D eigenvalue weighted by Crippen LogP contribution is 2.37. The number of anilines is 1. The van der Waals surface area contributed by atoms with Crippen LogP contribution in [0.1, 0.15) is 37.2 Å². The molecule has 2 aliphatic rings. The molecule has 5 heterocycles. The number of pyridine rings is 2. The van der Waals surface area contributed by atoms with Crippen molar-refractivity contribution in [3.05, 3.63) is 58.4 Å². The van der Waals surface area contributed by atoms with Gasteiger partial charge in [-0.25, -0.2) is 23.4 Å². The predicted octanol–water partition coefficient (Wildman–Crippen LogP) is 1.87. The maximum atomic E-state index is 13.5. The third kappa shape index (κ3) is 6.26. The summed E-state index contributed by atoms with van der Waals surface area (Å²) in [5, 5.41) is 1.96. The van der Waals surface area contributed by atoms with Crippen molar-refractivity contribution in [1.29, 1.82) is 0 Å². The second kappa shape index (κ2) is 12.6. The summed E-state index contributed by atoms with van der Waals surface area (Å²) >= 11 is 0. The van der Waals surface area contributed by atoms with Crippen LogP contribution in [-0.2, 0) is 21.3 Å². The van der Waals surface area contributed by atoms with Gasteiger partial charge in [0.1, 0.15) is 23.0 Å². The third-order valence-corrected chi connectivity index (χ3v) is 9.09. The molecule has 1 fully saturated rings. The molecular formula is C27H36N8O5S. The standard InChI is InChI=1S/C27H36N8O5S/c1-4-7-22-23-24(32-35(22)18-19-8-5-6-9-28-19)26(36)31-25(30-23)21-16-20(17-29-27(21)40-15-14-39-3)41(37,38)34-12-10-33(2)11-13-34/h5-6,8-9,16-17,22,32H,4,7,10-15,18H2,1-3H3,(H,30,31,36). The summed E-state index contributed by atoms with van der Waals surface area (Å²) in [6.07, 6.45) is 4.63. The molecule has 41 heavy (non-hydrogen) atoms. The lowest BCUT2D eigenvalue weighted by atomic mass is 10.1. The van der Waals surface area contributed by atoms with E-state index in [0.717, 1.165) is 18.5 Å². The quantitative estimate of drug-likeness (QED) is 0.319. The summed E-state index contributed by atoms with van der Waals surface area (Å²) in [7, 11) is -0.307. The molecule has 3 aromatic rings. The molecule has 0 saturated carbocycles. The molecule has 3 aromatic heterocycles. The average Bonchev–Trinajstić information content (AvgIpc) is 3.31. The van der Waals surface area contributed by atoms with Gasteiger partial charge in [0.2, 0.25) is 15.9 Å². The average molecular weight is 585 g/mol. The summed E-state index contributed by atoms with van der Waals surface area (Å²) < 4.78 is 39.5. The van der Waals surface area contributed by atoms with Crippen molar-refractivity contribution < 1.29 is 17.9 Å². The van der Waals surface area contributed by atoms with E-state index in [9.17, 15) is 13.2 Å². The van der Waals surface area contributed by atoms with Crippen molar-refractivity contribution in [3.63, 3.8) is 0 Å². The number of hydrogen-bond donors (Lipinski definition) is 2. The molecule has 0 spiro atoms. The smallest absolute Gasteiger partial charge is 0.276 e. The number of nitrogens with one attached hydrogen (secondary N) is 2. The second-order valence-corrected chi connectivity index (χ2v) is 12.1. The van der Waals surface area contributed by atoms with Crippen LogP contribution in [0.3, 0.4) is 0 Å². The number of sulfonamides is 1. The molecule has 2 N–H and O–H groups in total. The topological polar surface area (TPSA) is 146 Å². The van der Waals surface area contributed by atoms with Crippen LogP contribution in [0.4, 0.5) is 5.69 Å². The number of piperazine rings is 1. The number of fused-ring (bicyclic) bond motifs is 1. The minimum Gasteiger partial charge on any atom is -0.475 e. The van der Waals surface area contributed by atoms with Crippen molar-refractivity contribution in [3.8, 4) is 17.3 Å². The number of likely N-dealkylation sites (N-methyl/N-ethyl adjacent to an activating group) is 1. The number of hydrazine groups is 1. The minimum atomic E-state index is -3.83. The van der Waals surface area contributed by atoms with E-state index in [1.807, 2.05) is 30.3 Å². The predicted molar refractivity (Wildman–Crippen MR) is 153 cm³/mol. The van der Waals surface area contributed by atoms with E-state index in [0.29, 0.717) is 50.7 Å². The van der Waals surface area contributed by atoms with Gasteiger partial charge in [0.15, 0.2) is 0 Å². The Morgan fingerprint density at radius 1 is 1.12 bits per heavy atom. The Kier molecular flexibility index (Phi) is 8.94. The van der Waals surface area contributed by atoms with E-state index in [2.05, 4.69) is 32.2 Å². The van der Waals surface area contributed by atoms with Crippen LogP contribution in [0.2, 0.25) is 0 Å². The summed E-state index contributed by atoms with van der Waals surface area (Å²) in [5.74, 6) is 0.345. The normalized spacial score (nSPS) is 18.3. The first-order valence-electron chi connectivity index (χ1n) is 13.7. The van der Waals surface area contributed by atoms with Crippen molar-refractivity contribution >= 4 is 15.7 Å².